The highest BCUT2D eigenvalue weighted by molar-refractivity contribution is 7.81. The molecule has 0 aliphatic carbocycles. The van der Waals surface area contributed by atoms with Crippen molar-refractivity contribution in [3.8, 4) is 0 Å². The average Bonchev–Trinajstić information content (AvgIpc) is 2.72. The number of amides is 1. The number of nitrogens with one attached hydrogen (secondary N) is 2. The van der Waals surface area contributed by atoms with Crippen molar-refractivity contribution in [2.45, 2.75) is 13.0 Å². The number of nitrogens with zero attached hydrogens (tertiary/aromatic N) is 2. The summed E-state index contributed by atoms with van der Waals surface area (Å²) in [7, 11) is 1.63. The zero-order valence-electron chi connectivity index (χ0n) is 16.4. The number of nitrogen functional groups attached to an aromatic ring is 1. The minimum Gasteiger partial charge on any atom is -0.384 e. The van der Waals surface area contributed by atoms with Gasteiger partial charge in [-0.1, -0.05) is 30.4 Å². The van der Waals surface area contributed by atoms with Gasteiger partial charge in [0, 0.05) is 50.7 Å². The van der Waals surface area contributed by atoms with Crippen molar-refractivity contribution in [3.63, 3.8) is 0 Å². The third-order valence-electron chi connectivity index (χ3n) is 4.61. The maximum Gasteiger partial charge on any atom is 0.258 e. The van der Waals surface area contributed by atoms with Crippen LogP contribution in [0.4, 0.5) is 11.5 Å². The van der Waals surface area contributed by atoms with Crippen LogP contribution in [0.25, 0.3) is 0 Å². The Balaban J connectivity index is 1.82. The molecule has 7 nitrogen and oxygen atoms in total. The second-order valence-electron chi connectivity index (χ2n) is 6.65. The number of thiocarbonyl (C=S) groups is 1. The summed E-state index contributed by atoms with van der Waals surface area (Å²) in [6.07, 6.45) is 2.35. The number of rotatable bonds is 8. The van der Waals surface area contributed by atoms with E-state index in [-0.39, 0.29) is 5.91 Å². The van der Waals surface area contributed by atoms with Gasteiger partial charge in [0.2, 0.25) is 0 Å². The lowest BCUT2D eigenvalue weighted by atomic mass is 10.0. The summed E-state index contributed by atoms with van der Waals surface area (Å²) in [5.74, 6) is 0.365. The first-order valence-corrected chi connectivity index (χ1v) is 9.81. The molecule has 2 aromatic rings. The van der Waals surface area contributed by atoms with Crippen molar-refractivity contribution in [1.29, 1.82) is 0 Å². The summed E-state index contributed by atoms with van der Waals surface area (Å²) in [4.78, 5) is 19.3. The van der Waals surface area contributed by atoms with Crippen LogP contribution in [0.3, 0.4) is 0 Å². The predicted octanol–water partition coefficient (Wildman–Crippen LogP) is 2.33. The Labute approximate surface area is 175 Å². The van der Waals surface area contributed by atoms with E-state index in [4.69, 9.17) is 22.7 Å². The summed E-state index contributed by atoms with van der Waals surface area (Å²) in [5, 5.41) is 6.56. The molecule has 1 aliphatic rings. The van der Waals surface area contributed by atoms with Crippen molar-refractivity contribution in [2.75, 3.05) is 37.9 Å². The van der Waals surface area contributed by atoms with Gasteiger partial charge in [-0.3, -0.25) is 4.79 Å². The van der Waals surface area contributed by atoms with E-state index in [1.165, 1.54) is 0 Å². The number of ether oxygens (including phenoxy) is 1. The minimum atomic E-state index is -0.0986. The molecule has 29 heavy (non-hydrogen) atoms. The van der Waals surface area contributed by atoms with Crippen LogP contribution in [0.15, 0.2) is 59.9 Å². The zero-order valence-corrected chi connectivity index (χ0v) is 17.2. The van der Waals surface area contributed by atoms with Crippen LogP contribution in [0, 0.1) is 0 Å². The number of benzene rings is 1. The van der Waals surface area contributed by atoms with E-state index in [1.807, 2.05) is 42.5 Å². The Morgan fingerprint density at radius 3 is 2.83 bits per heavy atom. The number of hydrogen-bond acceptors (Lipinski definition) is 6. The van der Waals surface area contributed by atoms with Crippen molar-refractivity contribution in [1.82, 2.24) is 15.2 Å². The van der Waals surface area contributed by atoms with E-state index < -0.39 is 0 Å². The van der Waals surface area contributed by atoms with Gasteiger partial charge in [-0.2, -0.15) is 0 Å². The molecule has 2 heterocycles. The predicted molar refractivity (Wildman–Crippen MR) is 118 cm³/mol. The molecule has 1 aromatic carbocycles. The quantitative estimate of drug-likeness (QED) is 0.574. The number of aromatic nitrogens is 1. The van der Waals surface area contributed by atoms with Gasteiger partial charge in [-0.15, -0.1) is 0 Å². The van der Waals surface area contributed by atoms with Gasteiger partial charge in [-0.25, -0.2) is 4.98 Å². The van der Waals surface area contributed by atoms with Crippen LogP contribution in [-0.4, -0.2) is 47.6 Å². The Morgan fingerprint density at radius 1 is 1.31 bits per heavy atom. The maximum absolute atomic E-state index is 13.2. The summed E-state index contributed by atoms with van der Waals surface area (Å²) in [5.41, 5.74) is 8.91. The van der Waals surface area contributed by atoms with Gasteiger partial charge in [0.05, 0.1) is 12.2 Å². The average molecular weight is 412 g/mol. The highest BCUT2D eigenvalue weighted by Gasteiger charge is 2.29. The number of carbonyl (C=O) groups excluding carboxylic acids is 1. The lowest BCUT2D eigenvalue weighted by Crippen LogP contribution is -2.44. The topological polar surface area (TPSA) is 92.5 Å². The Hall–Kier alpha value is -2.97. The Kier molecular flexibility index (Phi) is 7.15. The first kappa shape index (κ1) is 20.8. The zero-order chi connectivity index (χ0) is 20.6. The van der Waals surface area contributed by atoms with Gasteiger partial charge in [0.15, 0.2) is 0 Å². The van der Waals surface area contributed by atoms with Crippen LogP contribution in [0.5, 0.6) is 0 Å². The van der Waals surface area contributed by atoms with Gasteiger partial charge < -0.3 is 26.0 Å². The number of hydrogen-bond donors (Lipinski definition) is 3. The van der Waals surface area contributed by atoms with Crippen molar-refractivity contribution < 1.29 is 9.53 Å². The Bertz CT molecular complexity index is 901. The number of pyridine rings is 1. The van der Waals surface area contributed by atoms with Gasteiger partial charge in [-0.05, 0) is 29.8 Å². The number of methoxy groups -OCH3 is 1. The second kappa shape index (κ2) is 9.99. The van der Waals surface area contributed by atoms with Crippen molar-refractivity contribution >= 4 is 34.6 Å². The monoisotopic (exact) mass is 411 g/mol. The first-order chi connectivity index (χ1) is 14.1. The number of carbonyl (C=O) groups is 1. The summed E-state index contributed by atoms with van der Waals surface area (Å²) in [6, 6.07) is 13.3. The molecule has 0 atom stereocenters. The van der Waals surface area contributed by atoms with E-state index in [0.717, 1.165) is 16.9 Å². The van der Waals surface area contributed by atoms with Crippen LogP contribution in [0.1, 0.15) is 12.0 Å². The summed E-state index contributed by atoms with van der Waals surface area (Å²) >= 11 is 5.61. The molecular formula is C21H25N5O2S. The number of para-hydroxylation sites is 1. The standard InChI is InChI=1S/C21H25N5O2S/c1-28-12-11-26-10-8-17(24-14-15-7-9-23-18(22)13-15)19(21(26)27)20(29)25-16-5-3-2-4-6-16/h2-7,9,13,24H,8,10-12,14H2,1H3,(H2,22,23)(H,25,29). The van der Waals surface area contributed by atoms with Crippen LogP contribution in [0.2, 0.25) is 0 Å². The van der Waals surface area contributed by atoms with Crippen molar-refractivity contribution in [3.05, 3.63) is 65.5 Å². The maximum atomic E-state index is 13.2. The molecule has 3 rings (SSSR count). The van der Waals surface area contributed by atoms with Crippen LogP contribution < -0.4 is 16.4 Å². The molecule has 1 aromatic heterocycles. The molecule has 0 radical (unpaired) electrons. The lowest BCUT2D eigenvalue weighted by Gasteiger charge is -2.31. The molecule has 152 valence electrons. The fourth-order valence-corrected chi connectivity index (χ4v) is 3.44. The van der Waals surface area contributed by atoms with Gasteiger partial charge >= 0.3 is 0 Å². The lowest BCUT2D eigenvalue weighted by molar-refractivity contribution is -0.128. The number of anilines is 2. The van der Waals surface area contributed by atoms with E-state index in [2.05, 4.69) is 15.6 Å². The molecule has 8 heteroatoms. The van der Waals surface area contributed by atoms with Gasteiger partial charge in [0.1, 0.15) is 10.8 Å². The van der Waals surface area contributed by atoms with E-state index >= 15 is 0 Å². The van der Waals surface area contributed by atoms with Gasteiger partial charge in [0.25, 0.3) is 5.91 Å². The smallest absolute Gasteiger partial charge is 0.258 e. The molecule has 4 N–H and O–H groups in total. The first-order valence-electron chi connectivity index (χ1n) is 9.40. The SMILES string of the molecule is COCCN1CCC(NCc2ccnc(N)c2)=C(C(=S)Nc2ccccc2)C1=O. The fraction of sp³-hybridized carbons (Fsp3) is 0.286. The fourth-order valence-electron chi connectivity index (χ4n) is 3.11. The van der Waals surface area contributed by atoms with Crippen LogP contribution in [-0.2, 0) is 16.1 Å². The summed E-state index contributed by atoms with van der Waals surface area (Å²) < 4.78 is 5.14. The number of nitrogens with two attached hydrogens (primary N) is 1. The van der Waals surface area contributed by atoms with Crippen LogP contribution >= 0.6 is 12.2 Å². The molecule has 0 unspecified atom stereocenters. The third-order valence-corrected chi connectivity index (χ3v) is 4.92. The molecule has 1 amide bonds. The van der Waals surface area contributed by atoms with E-state index in [1.54, 1.807) is 18.2 Å². The molecule has 0 saturated heterocycles. The van der Waals surface area contributed by atoms with E-state index in [9.17, 15) is 4.79 Å². The molecule has 0 bridgehead atoms. The normalized spacial score (nSPS) is 14.1. The summed E-state index contributed by atoms with van der Waals surface area (Å²) in [6.45, 7) is 2.16. The largest absolute Gasteiger partial charge is 0.384 e. The Morgan fingerprint density at radius 2 is 2.10 bits per heavy atom. The van der Waals surface area contributed by atoms with E-state index in [0.29, 0.717) is 49.0 Å². The highest BCUT2D eigenvalue weighted by atomic mass is 32.1. The minimum absolute atomic E-state index is 0.0986. The molecule has 0 fully saturated rings. The molecular weight excluding hydrogens is 386 g/mol. The van der Waals surface area contributed by atoms with Crippen molar-refractivity contribution in [2.24, 2.45) is 0 Å². The molecule has 0 spiro atoms. The molecule has 1 aliphatic heterocycles. The second-order valence-corrected chi connectivity index (χ2v) is 7.06. The molecule has 0 saturated carbocycles. The highest BCUT2D eigenvalue weighted by Crippen LogP contribution is 2.21. The third kappa shape index (κ3) is 5.52.